The van der Waals surface area contributed by atoms with Crippen molar-refractivity contribution in [2.45, 2.75) is 0 Å². The second kappa shape index (κ2) is 14.2. The van der Waals surface area contributed by atoms with Gasteiger partial charge in [0.05, 0.1) is 33.4 Å². The van der Waals surface area contributed by atoms with Crippen LogP contribution in [0.15, 0.2) is 213 Å². The highest BCUT2D eigenvalue weighted by Gasteiger charge is 2.29. The number of hydrogen-bond donors (Lipinski definition) is 0. The maximum absolute atomic E-state index is 5.30. The third kappa shape index (κ3) is 5.55. The normalized spacial score (nSPS) is 11.6. The lowest BCUT2D eigenvalue weighted by Gasteiger charge is -2.31. The lowest BCUT2D eigenvalue weighted by molar-refractivity contribution is 1.28. The van der Waals surface area contributed by atoms with Gasteiger partial charge in [0.25, 0.3) is 0 Å². The lowest BCUT2D eigenvalue weighted by Crippen LogP contribution is -2.14. The van der Waals surface area contributed by atoms with E-state index in [1.165, 1.54) is 21.5 Å². The smallest absolute Gasteiger partial charge is 0.0956 e. The first-order chi connectivity index (χ1) is 30.3. The molecule has 61 heavy (non-hydrogen) atoms. The molecule has 0 atom stereocenters. The van der Waals surface area contributed by atoms with Gasteiger partial charge in [0.2, 0.25) is 0 Å². The van der Waals surface area contributed by atoms with Crippen molar-refractivity contribution in [2.24, 2.45) is 0 Å². The summed E-state index contributed by atoms with van der Waals surface area (Å²) in [5, 5.41) is 8.64. The molecule has 4 heterocycles. The topological polar surface area (TPSA) is 54.8 Å². The number of rotatable bonds is 6. The summed E-state index contributed by atoms with van der Waals surface area (Å²) in [6, 6.07) is 66.4. The summed E-state index contributed by atoms with van der Waals surface area (Å²) in [4.78, 5) is 23.5. The average Bonchev–Trinajstić information content (AvgIpc) is 3.34. The van der Waals surface area contributed by atoms with E-state index in [-0.39, 0.29) is 0 Å². The van der Waals surface area contributed by atoms with E-state index >= 15 is 0 Å². The summed E-state index contributed by atoms with van der Waals surface area (Å²) in [6.45, 7) is 0. The molecule has 0 radical (unpaired) electrons. The van der Waals surface area contributed by atoms with E-state index in [1.54, 1.807) is 0 Å². The van der Waals surface area contributed by atoms with Gasteiger partial charge in [-0.3, -0.25) is 19.9 Å². The van der Waals surface area contributed by atoms with Crippen LogP contribution in [0.2, 0.25) is 0 Å². The first-order valence-corrected chi connectivity index (χ1v) is 20.5. The zero-order chi connectivity index (χ0) is 40.3. The van der Waals surface area contributed by atoms with Gasteiger partial charge in [-0.05, 0) is 92.3 Å². The lowest BCUT2D eigenvalue weighted by atomic mass is 9.90. The molecule has 5 heteroatoms. The summed E-state index contributed by atoms with van der Waals surface area (Å²) < 4.78 is 0. The maximum atomic E-state index is 5.30. The predicted molar refractivity (Wildman–Crippen MR) is 254 cm³/mol. The van der Waals surface area contributed by atoms with Gasteiger partial charge in [-0.1, -0.05) is 140 Å². The van der Waals surface area contributed by atoms with Crippen LogP contribution in [0.25, 0.3) is 98.5 Å². The van der Waals surface area contributed by atoms with Crippen LogP contribution in [-0.4, -0.2) is 19.9 Å². The molecule has 0 saturated heterocycles. The minimum Gasteiger partial charge on any atom is -0.305 e. The first kappa shape index (κ1) is 34.7. The fourth-order valence-corrected chi connectivity index (χ4v) is 9.40. The number of anilines is 3. The Kier molecular flexibility index (Phi) is 8.10. The molecule has 12 aromatic rings. The summed E-state index contributed by atoms with van der Waals surface area (Å²) in [5.74, 6) is 0. The Morgan fingerprint density at radius 1 is 0.295 bits per heavy atom. The molecule has 0 unspecified atom stereocenters. The Balaban J connectivity index is 1.26. The second-order valence-electron chi connectivity index (χ2n) is 15.4. The number of fused-ring (bicyclic) bond motifs is 6. The summed E-state index contributed by atoms with van der Waals surface area (Å²) in [7, 11) is 0. The molecule has 0 N–H and O–H groups in total. The van der Waals surface area contributed by atoms with Crippen LogP contribution in [0.1, 0.15) is 0 Å². The monoisotopic (exact) mass is 777 g/mol. The quantitative estimate of drug-likeness (QED) is 0.157. The number of nitrogens with zero attached hydrogens (tertiary/aromatic N) is 5. The van der Waals surface area contributed by atoms with Crippen LogP contribution in [0.3, 0.4) is 0 Å². The molecular formula is C56H35N5. The van der Waals surface area contributed by atoms with Gasteiger partial charge in [-0.15, -0.1) is 0 Å². The fraction of sp³-hybridized carbons (Fsp3) is 0. The van der Waals surface area contributed by atoms with Crippen molar-refractivity contribution in [1.29, 1.82) is 0 Å². The number of aromatic nitrogens is 4. The molecule has 0 aliphatic heterocycles. The van der Waals surface area contributed by atoms with Gasteiger partial charge in [-0.2, -0.15) is 0 Å². The van der Waals surface area contributed by atoms with Crippen LogP contribution in [0, 0.1) is 0 Å². The fourth-order valence-electron chi connectivity index (χ4n) is 9.40. The van der Waals surface area contributed by atoms with Gasteiger partial charge in [-0.25, -0.2) is 0 Å². The highest BCUT2D eigenvalue weighted by molar-refractivity contribution is 6.27. The van der Waals surface area contributed by atoms with Crippen molar-refractivity contribution >= 4 is 82.2 Å². The van der Waals surface area contributed by atoms with Gasteiger partial charge in [0.1, 0.15) is 0 Å². The minimum atomic E-state index is 0.857. The summed E-state index contributed by atoms with van der Waals surface area (Å²) >= 11 is 0. The van der Waals surface area contributed by atoms with E-state index in [1.807, 2.05) is 49.1 Å². The molecule has 0 aliphatic carbocycles. The zero-order valence-corrected chi connectivity index (χ0v) is 32.9. The Morgan fingerprint density at radius 3 is 1.25 bits per heavy atom. The second-order valence-corrected chi connectivity index (χ2v) is 15.4. The molecule has 5 nitrogen and oxygen atoms in total. The number of benzene rings is 8. The van der Waals surface area contributed by atoms with Crippen LogP contribution < -0.4 is 4.90 Å². The van der Waals surface area contributed by atoms with Crippen LogP contribution in [-0.2, 0) is 0 Å². The van der Waals surface area contributed by atoms with Gasteiger partial charge >= 0.3 is 0 Å². The van der Waals surface area contributed by atoms with Crippen molar-refractivity contribution < 1.29 is 0 Å². The molecule has 12 rings (SSSR count). The van der Waals surface area contributed by atoms with Crippen molar-refractivity contribution in [1.82, 2.24) is 19.9 Å². The Morgan fingerprint density at radius 2 is 0.705 bits per heavy atom. The van der Waals surface area contributed by atoms with Crippen LogP contribution in [0.4, 0.5) is 17.1 Å². The van der Waals surface area contributed by atoms with E-state index in [0.29, 0.717) is 0 Å². The van der Waals surface area contributed by atoms with Gasteiger partial charge in [0, 0.05) is 63.1 Å². The number of pyridine rings is 4. The molecule has 0 aliphatic rings. The standard InChI is InChI=1S/C56H35N5/c1-2-15-36(16-3-1)39-21-8-22-40(35-39)61(55-47-29-13-31-57-51(47)49(45-27-11-33-59-53(45)55)43-25-9-19-37-17-4-6-23-41(37)43)56-48-30-14-32-58-52(48)50(46-28-12-34-60-54(46)56)44-26-10-20-38-18-5-7-24-42(38)44/h1-35H. The molecule has 4 aromatic heterocycles. The SMILES string of the molecule is c1ccc(-c2cccc(N(c3c4cccnc4c(-c4cccc5ccccc45)c4cccnc34)c3c4cccnc4c(-c4cccc5ccccc45)c4cccnc34)c2)cc1. The molecule has 8 aromatic carbocycles. The predicted octanol–water partition coefficient (Wildman–Crippen LogP) is 14.7. The first-order valence-electron chi connectivity index (χ1n) is 20.5. The Labute approximate surface area is 351 Å². The maximum Gasteiger partial charge on any atom is 0.0956 e. The Hall–Kier alpha value is -8.28. The third-order valence-electron chi connectivity index (χ3n) is 12.0. The molecule has 0 fully saturated rings. The van der Waals surface area contributed by atoms with Crippen molar-refractivity contribution in [2.75, 3.05) is 4.90 Å². The largest absolute Gasteiger partial charge is 0.305 e. The third-order valence-corrected chi connectivity index (χ3v) is 12.0. The van der Waals surface area contributed by atoms with E-state index in [4.69, 9.17) is 19.9 Å². The molecule has 0 spiro atoms. The van der Waals surface area contributed by atoms with Gasteiger partial charge < -0.3 is 4.90 Å². The zero-order valence-electron chi connectivity index (χ0n) is 32.9. The van der Waals surface area contributed by atoms with Crippen LogP contribution in [0.5, 0.6) is 0 Å². The minimum absolute atomic E-state index is 0.857. The van der Waals surface area contributed by atoms with Crippen molar-refractivity contribution in [3.63, 3.8) is 0 Å². The average molecular weight is 778 g/mol. The Bertz CT molecular complexity index is 3350. The van der Waals surface area contributed by atoms with E-state index in [0.717, 1.165) is 94.1 Å². The van der Waals surface area contributed by atoms with Gasteiger partial charge in [0.15, 0.2) is 0 Å². The van der Waals surface area contributed by atoms with E-state index < -0.39 is 0 Å². The summed E-state index contributed by atoms with van der Waals surface area (Å²) in [6.07, 6.45) is 7.61. The van der Waals surface area contributed by atoms with Crippen molar-refractivity contribution in [3.8, 4) is 33.4 Å². The highest BCUT2D eigenvalue weighted by atomic mass is 15.2. The molecule has 0 amide bonds. The van der Waals surface area contributed by atoms with E-state index in [2.05, 4.69) is 169 Å². The summed E-state index contributed by atoms with van der Waals surface area (Å²) in [5.41, 5.74) is 12.9. The highest BCUT2D eigenvalue weighted by Crippen LogP contribution is 2.52. The number of hydrogen-bond acceptors (Lipinski definition) is 5. The van der Waals surface area contributed by atoms with Crippen molar-refractivity contribution in [3.05, 3.63) is 213 Å². The van der Waals surface area contributed by atoms with E-state index in [9.17, 15) is 0 Å². The van der Waals surface area contributed by atoms with Crippen LogP contribution >= 0.6 is 0 Å². The molecule has 284 valence electrons. The molecular weight excluding hydrogens is 743 g/mol. The molecule has 0 saturated carbocycles. The molecule has 0 bridgehead atoms.